The predicted octanol–water partition coefficient (Wildman–Crippen LogP) is 2.86. The lowest BCUT2D eigenvalue weighted by Crippen LogP contribution is -2.15. The summed E-state index contributed by atoms with van der Waals surface area (Å²) in [5, 5.41) is 0. The van der Waals surface area contributed by atoms with Gasteiger partial charge in [0, 0.05) is 5.69 Å². The summed E-state index contributed by atoms with van der Waals surface area (Å²) in [7, 11) is 1.27. The molecule has 2 rings (SSSR count). The second-order valence-electron chi connectivity index (χ2n) is 5.55. The topological polar surface area (TPSA) is 94.7 Å². The molecule has 0 aliphatic carbocycles. The number of carbonyl (C=O) groups is 3. The molecule has 0 bridgehead atoms. The van der Waals surface area contributed by atoms with Gasteiger partial charge in [-0.15, -0.1) is 0 Å². The molecule has 0 aliphatic heterocycles. The van der Waals surface area contributed by atoms with E-state index in [0.717, 1.165) is 0 Å². The van der Waals surface area contributed by atoms with Crippen LogP contribution in [0, 0.1) is 13.8 Å². The molecule has 2 aromatic rings. The molecule has 1 heterocycles. The lowest BCUT2D eigenvalue weighted by atomic mass is 10.1. The Morgan fingerprint density at radius 2 is 1.77 bits per heavy atom. The zero-order valence-corrected chi connectivity index (χ0v) is 15.2. The molecule has 0 saturated heterocycles. The first kappa shape index (κ1) is 19.2. The molecule has 7 heteroatoms. The first-order valence-electron chi connectivity index (χ1n) is 8.10. The number of Topliss-reactive ketones (excluding diaryl/α,β-unsaturated/α-hetero) is 1. The Hall–Kier alpha value is -3.09. The predicted molar refractivity (Wildman–Crippen MR) is 93.8 cm³/mol. The molecule has 0 fully saturated rings. The number of rotatable bonds is 7. The second kappa shape index (κ2) is 8.33. The van der Waals surface area contributed by atoms with E-state index < -0.39 is 11.9 Å². The van der Waals surface area contributed by atoms with Gasteiger partial charge in [-0.1, -0.05) is 12.1 Å². The Bertz CT molecular complexity index is 837. The highest BCUT2D eigenvalue weighted by atomic mass is 16.5. The van der Waals surface area contributed by atoms with Crippen molar-refractivity contribution in [3.05, 3.63) is 52.3 Å². The Kier molecular flexibility index (Phi) is 6.16. The van der Waals surface area contributed by atoms with Gasteiger partial charge in [0.05, 0.1) is 25.0 Å². The molecule has 1 N–H and O–H groups in total. The maximum atomic E-state index is 12.5. The molecule has 0 spiro atoms. The summed E-state index contributed by atoms with van der Waals surface area (Å²) in [6.45, 7) is 5.04. The number of ether oxygens (including phenoxy) is 3. The van der Waals surface area contributed by atoms with E-state index in [0.29, 0.717) is 16.8 Å². The highest BCUT2D eigenvalue weighted by Gasteiger charge is 2.23. The maximum Gasteiger partial charge on any atom is 0.341 e. The quantitative estimate of drug-likeness (QED) is 0.603. The van der Waals surface area contributed by atoms with E-state index in [2.05, 4.69) is 4.98 Å². The lowest BCUT2D eigenvalue weighted by molar-refractivity contribution is 0.0523. The highest BCUT2D eigenvalue weighted by molar-refractivity contribution is 6.02. The fraction of sp³-hybridized carbons (Fsp3) is 0.316. The molecule has 0 radical (unpaired) electrons. The van der Waals surface area contributed by atoms with Crippen molar-refractivity contribution in [1.29, 1.82) is 0 Å². The third-order valence-electron chi connectivity index (χ3n) is 3.85. The van der Waals surface area contributed by atoms with Gasteiger partial charge in [-0.05, 0) is 38.5 Å². The van der Waals surface area contributed by atoms with Gasteiger partial charge in [-0.25, -0.2) is 9.59 Å². The van der Waals surface area contributed by atoms with Crippen LogP contribution in [0.4, 0.5) is 0 Å². The number of aromatic nitrogens is 1. The summed E-state index contributed by atoms with van der Waals surface area (Å²) in [5.41, 5.74) is 1.93. The molecule has 0 amide bonds. The second-order valence-corrected chi connectivity index (χ2v) is 5.55. The largest absolute Gasteiger partial charge is 0.484 e. The summed E-state index contributed by atoms with van der Waals surface area (Å²) in [6, 6.07) is 6.49. The maximum absolute atomic E-state index is 12.5. The van der Waals surface area contributed by atoms with Crippen LogP contribution in [0.2, 0.25) is 0 Å². The van der Waals surface area contributed by atoms with E-state index in [4.69, 9.17) is 14.2 Å². The Morgan fingerprint density at radius 3 is 2.42 bits per heavy atom. The van der Waals surface area contributed by atoms with Gasteiger partial charge in [-0.2, -0.15) is 0 Å². The average Bonchev–Trinajstić information content (AvgIpc) is 2.94. The molecule has 0 unspecified atom stereocenters. The summed E-state index contributed by atoms with van der Waals surface area (Å²) >= 11 is 0. The third kappa shape index (κ3) is 3.93. The van der Waals surface area contributed by atoms with Crippen molar-refractivity contribution < 1.29 is 28.6 Å². The number of H-pyrrole nitrogens is 1. The number of hydrogen-bond acceptors (Lipinski definition) is 6. The minimum atomic E-state index is -0.551. The van der Waals surface area contributed by atoms with Gasteiger partial charge < -0.3 is 19.2 Å². The third-order valence-corrected chi connectivity index (χ3v) is 3.85. The number of ketones is 1. The number of hydrogen-bond donors (Lipinski definition) is 1. The van der Waals surface area contributed by atoms with Gasteiger partial charge in [0.1, 0.15) is 11.3 Å². The SMILES string of the molecule is CCOC(=O)c1c(C)[nH]c(C(=O)COc2ccccc2C(=O)OC)c1C. The smallest absolute Gasteiger partial charge is 0.341 e. The van der Waals surface area contributed by atoms with Crippen LogP contribution in [-0.2, 0) is 9.47 Å². The van der Waals surface area contributed by atoms with E-state index in [1.807, 2.05) is 0 Å². The van der Waals surface area contributed by atoms with E-state index in [1.54, 1.807) is 45.0 Å². The number of carbonyl (C=O) groups excluding carboxylic acids is 3. The normalized spacial score (nSPS) is 10.3. The number of methoxy groups -OCH3 is 1. The number of para-hydroxylation sites is 1. The molecule has 1 aromatic heterocycles. The minimum Gasteiger partial charge on any atom is -0.484 e. The van der Waals surface area contributed by atoms with Crippen molar-refractivity contribution in [3.63, 3.8) is 0 Å². The van der Waals surface area contributed by atoms with Crippen molar-refractivity contribution in [2.24, 2.45) is 0 Å². The first-order valence-corrected chi connectivity index (χ1v) is 8.10. The van der Waals surface area contributed by atoms with E-state index in [1.165, 1.54) is 7.11 Å². The van der Waals surface area contributed by atoms with Crippen LogP contribution in [0.5, 0.6) is 5.75 Å². The summed E-state index contributed by atoms with van der Waals surface area (Å²) in [4.78, 5) is 39.2. The van der Waals surface area contributed by atoms with Crippen molar-refractivity contribution in [3.8, 4) is 5.75 Å². The zero-order valence-electron chi connectivity index (χ0n) is 15.2. The lowest BCUT2D eigenvalue weighted by Gasteiger charge is -2.09. The van der Waals surface area contributed by atoms with Gasteiger partial charge in [0.15, 0.2) is 6.61 Å². The highest BCUT2D eigenvalue weighted by Crippen LogP contribution is 2.22. The minimum absolute atomic E-state index is 0.231. The van der Waals surface area contributed by atoms with Crippen LogP contribution in [0.1, 0.15) is 49.4 Å². The number of esters is 2. The fourth-order valence-corrected chi connectivity index (χ4v) is 2.62. The number of aryl methyl sites for hydroxylation is 1. The first-order chi connectivity index (χ1) is 12.4. The molecular weight excluding hydrogens is 338 g/mol. The summed E-state index contributed by atoms with van der Waals surface area (Å²) < 4.78 is 15.2. The van der Waals surface area contributed by atoms with Crippen molar-refractivity contribution in [2.45, 2.75) is 20.8 Å². The molecule has 1 aromatic carbocycles. The Balaban J connectivity index is 2.19. The molecular formula is C19H21NO6. The average molecular weight is 359 g/mol. The van der Waals surface area contributed by atoms with Crippen molar-refractivity contribution in [2.75, 3.05) is 20.3 Å². The summed E-state index contributed by atoms with van der Waals surface area (Å²) in [6.07, 6.45) is 0. The zero-order chi connectivity index (χ0) is 19.3. The van der Waals surface area contributed by atoms with Crippen molar-refractivity contribution >= 4 is 17.7 Å². The van der Waals surface area contributed by atoms with Crippen LogP contribution in [-0.4, -0.2) is 43.0 Å². The molecule has 138 valence electrons. The fourth-order valence-electron chi connectivity index (χ4n) is 2.62. The van der Waals surface area contributed by atoms with Gasteiger partial charge >= 0.3 is 11.9 Å². The van der Waals surface area contributed by atoms with Gasteiger partial charge in [0.2, 0.25) is 5.78 Å². The standard InChI is InChI=1S/C19H21NO6/c1-5-25-19(23)16-11(2)17(20-12(16)3)14(21)10-26-15-9-7-6-8-13(15)18(22)24-4/h6-9,20H,5,10H2,1-4H3. The molecule has 0 saturated carbocycles. The summed E-state index contributed by atoms with van der Waals surface area (Å²) in [5.74, 6) is -1.13. The van der Waals surface area contributed by atoms with Gasteiger partial charge in [-0.3, -0.25) is 4.79 Å². The van der Waals surface area contributed by atoms with Crippen LogP contribution < -0.4 is 4.74 Å². The molecule has 26 heavy (non-hydrogen) atoms. The number of aromatic amines is 1. The Morgan fingerprint density at radius 1 is 1.08 bits per heavy atom. The molecule has 0 aliphatic rings. The van der Waals surface area contributed by atoms with E-state index in [-0.39, 0.29) is 36.0 Å². The number of benzene rings is 1. The van der Waals surface area contributed by atoms with Crippen LogP contribution in [0.15, 0.2) is 24.3 Å². The molecule has 0 atom stereocenters. The van der Waals surface area contributed by atoms with E-state index in [9.17, 15) is 14.4 Å². The van der Waals surface area contributed by atoms with Crippen molar-refractivity contribution in [1.82, 2.24) is 4.98 Å². The van der Waals surface area contributed by atoms with Crippen LogP contribution in [0.3, 0.4) is 0 Å². The monoisotopic (exact) mass is 359 g/mol. The Labute approximate surface area is 151 Å². The molecule has 7 nitrogen and oxygen atoms in total. The number of nitrogens with one attached hydrogen (secondary N) is 1. The van der Waals surface area contributed by atoms with Gasteiger partial charge in [0.25, 0.3) is 0 Å². The van der Waals surface area contributed by atoms with E-state index >= 15 is 0 Å². The van der Waals surface area contributed by atoms with Crippen LogP contribution in [0.25, 0.3) is 0 Å². The van der Waals surface area contributed by atoms with Crippen LogP contribution >= 0.6 is 0 Å².